The summed E-state index contributed by atoms with van der Waals surface area (Å²) < 4.78 is 2.17. The van der Waals surface area contributed by atoms with E-state index in [0.717, 1.165) is 18.9 Å². The van der Waals surface area contributed by atoms with E-state index >= 15 is 0 Å². The number of hydrogen-bond donors (Lipinski definition) is 1. The molecule has 0 saturated heterocycles. The van der Waals surface area contributed by atoms with Crippen molar-refractivity contribution in [3.8, 4) is 0 Å². The minimum atomic E-state index is 0.461. The van der Waals surface area contributed by atoms with Crippen LogP contribution in [0.15, 0.2) is 36.5 Å². The third kappa shape index (κ3) is 2.43. The molecule has 0 amide bonds. The molecule has 19 heavy (non-hydrogen) atoms. The summed E-state index contributed by atoms with van der Waals surface area (Å²) in [5.74, 6) is 0.719. The maximum Gasteiger partial charge on any atom is 0.0662 e. The fourth-order valence-electron chi connectivity index (χ4n) is 3.05. The summed E-state index contributed by atoms with van der Waals surface area (Å²) >= 11 is 0. The molecule has 1 aliphatic rings. The van der Waals surface area contributed by atoms with Crippen LogP contribution in [0.4, 0.5) is 0 Å². The van der Waals surface area contributed by atoms with Gasteiger partial charge in [0.05, 0.1) is 12.7 Å². The molecule has 0 aliphatic heterocycles. The topological polar surface area (TPSA) is 29.9 Å². The van der Waals surface area contributed by atoms with E-state index in [1.165, 1.54) is 23.2 Å². The van der Waals surface area contributed by atoms with Gasteiger partial charge in [-0.25, -0.2) is 0 Å². The van der Waals surface area contributed by atoms with Crippen molar-refractivity contribution < 1.29 is 0 Å². The number of aromatic nitrogens is 2. The molecule has 0 saturated carbocycles. The largest absolute Gasteiger partial charge is 0.313 e. The second-order valence-electron chi connectivity index (χ2n) is 5.58. The summed E-state index contributed by atoms with van der Waals surface area (Å²) in [5, 5.41) is 8.02. The molecule has 0 bridgehead atoms. The Bertz CT molecular complexity index is 544. The first kappa shape index (κ1) is 12.4. The Labute approximate surface area is 114 Å². The van der Waals surface area contributed by atoms with Crippen LogP contribution in [0.2, 0.25) is 0 Å². The number of rotatable bonds is 3. The van der Waals surface area contributed by atoms with Gasteiger partial charge < -0.3 is 5.32 Å². The molecule has 100 valence electrons. The van der Waals surface area contributed by atoms with E-state index in [-0.39, 0.29) is 0 Å². The Kier molecular flexibility index (Phi) is 3.38. The van der Waals surface area contributed by atoms with Gasteiger partial charge in [0.2, 0.25) is 0 Å². The highest BCUT2D eigenvalue weighted by Gasteiger charge is 2.26. The first-order chi connectivity index (χ1) is 9.28. The second-order valence-corrected chi connectivity index (χ2v) is 5.58. The SMILES string of the molecule is CNC1CC(C)Cc2c1cnn2Cc1ccccc1. The van der Waals surface area contributed by atoms with Gasteiger partial charge in [-0.15, -0.1) is 0 Å². The minimum Gasteiger partial charge on any atom is -0.313 e. The molecule has 2 unspecified atom stereocenters. The van der Waals surface area contributed by atoms with E-state index in [4.69, 9.17) is 0 Å². The molecule has 2 aromatic rings. The highest BCUT2D eigenvalue weighted by Crippen LogP contribution is 2.32. The lowest BCUT2D eigenvalue weighted by Crippen LogP contribution is -2.26. The summed E-state index contributed by atoms with van der Waals surface area (Å²) in [4.78, 5) is 0. The van der Waals surface area contributed by atoms with Crippen LogP contribution in [0.25, 0.3) is 0 Å². The first-order valence-electron chi connectivity index (χ1n) is 7.03. The monoisotopic (exact) mass is 255 g/mol. The summed E-state index contributed by atoms with van der Waals surface area (Å²) in [7, 11) is 2.04. The summed E-state index contributed by atoms with van der Waals surface area (Å²) in [6, 6.07) is 11.0. The van der Waals surface area contributed by atoms with Crippen molar-refractivity contribution in [2.24, 2.45) is 5.92 Å². The van der Waals surface area contributed by atoms with E-state index < -0.39 is 0 Å². The third-order valence-corrected chi connectivity index (χ3v) is 4.06. The Morgan fingerprint density at radius 2 is 2.11 bits per heavy atom. The Morgan fingerprint density at radius 1 is 1.32 bits per heavy atom. The Balaban J connectivity index is 1.90. The van der Waals surface area contributed by atoms with E-state index in [0.29, 0.717) is 6.04 Å². The number of nitrogens with one attached hydrogen (secondary N) is 1. The number of nitrogens with zero attached hydrogens (tertiary/aromatic N) is 2. The zero-order valence-electron chi connectivity index (χ0n) is 11.6. The molecule has 1 aromatic carbocycles. The summed E-state index contributed by atoms with van der Waals surface area (Å²) in [5.41, 5.74) is 4.10. The predicted octanol–water partition coefficient (Wildman–Crippen LogP) is 2.77. The molecule has 3 nitrogen and oxygen atoms in total. The second kappa shape index (κ2) is 5.17. The van der Waals surface area contributed by atoms with Crippen LogP contribution in [0.1, 0.15) is 36.2 Å². The maximum atomic E-state index is 4.60. The van der Waals surface area contributed by atoms with Crippen molar-refractivity contribution in [2.75, 3.05) is 7.05 Å². The number of fused-ring (bicyclic) bond motifs is 1. The van der Waals surface area contributed by atoms with Crippen LogP contribution < -0.4 is 5.32 Å². The Hall–Kier alpha value is -1.61. The standard InChI is InChI=1S/C16H21N3/c1-12-8-15(17-2)14-10-18-19(16(14)9-12)11-13-6-4-3-5-7-13/h3-7,10,12,15,17H,8-9,11H2,1-2H3. The lowest BCUT2D eigenvalue weighted by atomic mass is 9.85. The van der Waals surface area contributed by atoms with Crippen LogP contribution in [0, 0.1) is 5.92 Å². The molecule has 0 spiro atoms. The predicted molar refractivity (Wildman–Crippen MR) is 77.1 cm³/mol. The number of benzene rings is 1. The van der Waals surface area contributed by atoms with Crippen LogP contribution in [-0.2, 0) is 13.0 Å². The van der Waals surface area contributed by atoms with Gasteiger partial charge in [0, 0.05) is 17.3 Å². The van der Waals surface area contributed by atoms with Crippen molar-refractivity contribution in [2.45, 2.75) is 32.4 Å². The van der Waals surface area contributed by atoms with Crippen LogP contribution >= 0.6 is 0 Å². The van der Waals surface area contributed by atoms with Gasteiger partial charge in [-0.1, -0.05) is 37.3 Å². The van der Waals surface area contributed by atoms with Gasteiger partial charge in [0.15, 0.2) is 0 Å². The molecule has 1 N–H and O–H groups in total. The maximum absolute atomic E-state index is 4.60. The average molecular weight is 255 g/mol. The van der Waals surface area contributed by atoms with Gasteiger partial charge >= 0.3 is 0 Å². The molecule has 3 rings (SSSR count). The van der Waals surface area contributed by atoms with Gasteiger partial charge in [0.1, 0.15) is 0 Å². The van der Waals surface area contributed by atoms with Crippen molar-refractivity contribution >= 4 is 0 Å². The zero-order chi connectivity index (χ0) is 13.2. The van der Waals surface area contributed by atoms with Crippen molar-refractivity contribution in [1.29, 1.82) is 0 Å². The first-order valence-corrected chi connectivity index (χ1v) is 7.03. The van der Waals surface area contributed by atoms with Crippen molar-refractivity contribution in [3.63, 3.8) is 0 Å². The van der Waals surface area contributed by atoms with E-state index in [1.54, 1.807) is 0 Å². The van der Waals surface area contributed by atoms with Crippen LogP contribution in [0.3, 0.4) is 0 Å². The van der Waals surface area contributed by atoms with Gasteiger partial charge in [-0.2, -0.15) is 5.10 Å². The molecule has 1 aliphatic carbocycles. The molecule has 1 aromatic heterocycles. The highest BCUT2D eigenvalue weighted by molar-refractivity contribution is 5.27. The van der Waals surface area contributed by atoms with Crippen molar-refractivity contribution in [1.82, 2.24) is 15.1 Å². The van der Waals surface area contributed by atoms with Crippen LogP contribution in [-0.4, -0.2) is 16.8 Å². The minimum absolute atomic E-state index is 0.461. The average Bonchev–Trinajstić information content (AvgIpc) is 2.82. The smallest absolute Gasteiger partial charge is 0.0662 e. The lowest BCUT2D eigenvalue weighted by molar-refractivity contribution is 0.388. The summed E-state index contributed by atoms with van der Waals surface area (Å²) in [6.45, 7) is 3.20. The highest BCUT2D eigenvalue weighted by atomic mass is 15.3. The van der Waals surface area contributed by atoms with Crippen LogP contribution in [0.5, 0.6) is 0 Å². The third-order valence-electron chi connectivity index (χ3n) is 4.06. The Morgan fingerprint density at radius 3 is 2.84 bits per heavy atom. The lowest BCUT2D eigenvalue weighted by Gasteiger charge is -2.27. The van der Waals surface area contributed by atoms with Gasteiger partial charge in [-0.3, -0.25) is 4.68 Å². The van der Waals surface area contributed by atoms with Gasteiger partial charge in [0.25, 0.3) is 0 Å². The molecule has 0 radical (unpaired) electrons. The molecule has 2 atom stereocenters. The molecule has 0 fully saturated rings. The molecule has 1 heterocycles. The zero-order valence-corrected chi connectivity index (χ0v) is 11.6. The van der Waals surface area contributed by atoms with E-state index in [1.807, 2.05) is 13.2 Å². The normalized spacial score (nSPS) is 22.2. The van der Waals surface area contributed by atoms with E-state index in [2.05, 4.69) is 52.4 Å². The quantitative estimate of drug-likeness (QED) is 0.914. The summed E-state index contributed by atoms with van der Waals surface area (Å²) in [6.07, 6.45) is 4.40. The van der Waals surface area contributed by atoms with Crippen molar-refractivity contribution in [3.05, 3.63) is 53.3 Å². The number of hydrogen-bond acceptors (Lipinski definition) is 2. The van der Waals surface area contributed by atoms with E-state index in [9.17, 15) is 0 Å². The molecular weight excluding hydrogens is 234 g/mol. The fraction of sp³-hybridized carbons (Fsp3) is 0.438. The fourth-order valence-corrected chi connectivity index (χ4v) is 3.05. The molecule has 3 heteroatoms. The molecular formula is C16H21N3. The van der Waals surface area contributed by atoms with Gasteiger partial charge in [-0.05, 0) is 31.4 Å².